The minimum atomic E-state index is -3.33. The number of sulfone groups is 1. The number of carbonyl (C=O) groups excluding carboxylic acids is 1. The highest BCUT2D eigenvalue weighted by Crippen LogP contribution is 2.24. The molecule has 1 aromatic carbocycles. The zero-order valence-electron chi connectivity index (χ0n) is 8.67. The van der Waals surface area contributed by atoms with Gasteiger partial charge in [-0.05, 0) is 42.6 Å². The molecular weight excluding hydrogens is 236 g/mol. The fourth-order valence-electron chi connectivity index (χ4n) is 1.61. The maximum Gasteiger partial charge on any atom is 0.252 e. The summed E-state index contributed by atoms with van der Waals surface area (Å²) in [6.07, 6.45) is 1.12. The summed E-state index contributed by atoms with van der Waals surface area (Å²) in [5.41, 5.74) is 1.27. The van der Waals surface area contributed by atoms with E-state index in [2.05, 4.69) is 0 Å². The lowest BCUT2D eigenvalue weighted by Crippen LogP contribution is -2.06. The normalized spacial score (nSPS) is 11.5. The second kappa shape index (κ2) is 3.94. The Morgan fingerprint density at radius 3 is 2.20 bits per heavy atom. The number of carbonyl (C=O) groups is 1. The molecule has 0 saturated carbocycles. The first kappa shape index (κ1) is 12.2. The summed E-state index contributed by atoms with van der Waals surface area (Å²) in [6, 6.07) is 3.12. The molecule has 1 aromatic rings. The van der Waals surface area contributed by atoms with Gasteiger partial charge in [0.05, 0.1) is 4.90 Å². The molecule has 0 radical (unpaired) electrons. The maximum absolute atomic E-state index is 11.5. The highest BCUT2D eigenvalue weighted by Gasteiger charge is 2.18. The van der Waals surface area contributed by atoms with Gasteiger partial charge in [-0.3, -0.25) is 4.79 Å². The Balaban J connectivity index is 3.66. The van der Waals surface area contributed by atoms with Crippen molar-refractivity contribution in [2.24, 2.45) is 0 Å². The van der Waals surface area contributed by atoms with Crippen molar-refractivity contribution in [3.63, 3.8) is 0 Å². The summed E-state index contributed by atoms with van der Waals surface area (Å²) in [5, 5.41) is -0.641. The molecule has 0 saturated heterocycles. The van der Waals surface area contributed by atoms with Crippen molar-refractivity contribution in [1.29, 1.82) is 0 Å². The van der Waals surface area contributed by atoms with Crippen LogP contribution in [-0.4, -0.2) is 19.9 Å². The standard InChI is InChI=1S/C10H11ClO3S/c1-6-4-5-8(10(11)12)7(2)9(6)15(3,13)14/h4-5H,1-3H3. The van der Waals surface area contributed by atoms with Gasteiger partial charge in [0.2, 0.25) is 0 Å². The van der Waals surface area contributed by atoms with Gasteiger partial charge in [-0.2, -0.15) is 0 Å². The summed E-state index contributed by atoms with van der Waals surface area (Å²) in [4.78, 5) is 11.2. The van der Waals surface area contributed by atoms with Crippen LogP contribution in [0.2, 0.25) is 0 Å². The van der Waals surface area contributed by atoms with E-state index in [0.29, 0.717) is 11.1 Å². The van der Waals surface area contributed by atoms with E-state index in [1.54, 1.807) is 19.9 Å². The van der Waals surface area contributed by atoms with Crippen LogP contribution in [0.25, 0.3) is 0 Å². The first-order chi connectivity index (χ1) is 6.75. The number of rotatable bonds is 2. The molecule has 5 heteroatoms. The number of hydrogen-bond donors (Lipinski definition) is 0. The Bertz CT molecular complexity index is 518. The van der Waals surface area contributed by atoms with E-state index in [9.17, 15) is 13.2 Å². The number of halogens is 1. The highest BCUT2D eigenvalue weighted by atomic mass is 35.5. The first-order valence-corrected chi connectivity index (χ1v) is 6.52. The molecule has 0 aliphatic rings. The van der Waals surface area contributed by atoms with Crippen molar-refractivity contribution >= 4 is 26.7 Å². The lowest BCUT2D eigenvalue weighted by molar-refractivity contribution is 0.108. The van der Waals surface area contributed by atoms with Crippen molar-refractivity contribution in [3.8, 4) is 0 Å². The van der Waals surface area contributed by atoms with Crippen LogP contribution in [0, 0.1) is 13.8 Å². The van der Waals surface area contributed by atoms with Crippen LogP contribution in [0.4, 0.5) is 0 Å². The number of aryl methyl sites for hydroxylation is 1. The van der Waals surface area contributed by atoms with Crippen LogP contribution >= 0.6 is 11.6 Å². The topological polar surface area (TPSA) is 51.2 Å². The molecule has 0 heterocycles. The average molecular weight is 247 g/mol. The van der Waals surface area contributed by atoms with Crippen LogP contribution in [0.3, 0.4) is 0 Å². The predicted molar refractivity (Wildman–Crippen MR) is 59.2 cm³/mol. The second-order valence-corrected chi connectivity index (χ2v) is 5.73. The maximum atomic E-state index is 11.5. The van der Waals surface area contributed by atoms with Gasteiger partial charge in [-0.25, -0.2) is 8.42 Å². The number of benzene rings is 1. The van der Waals surface area contributed by atoms with Gasteiger partial charge < -0.3 is 0 Å². The molecule has 0 aliphatic carbocycles. The monoisotopic (exact) mass is 246 g/mol. The van der Waals surface area contributed by atoms with Crippen LogP contribution < -0.4 is 0 Å². The van der Waals surface area contributed by atoms with Crippen LogP contribution in [0.1, 0.15) is 21.5 Å². The van der Waals surface area contributed by atoms with E-state index in [0.717, 1.165) is 6.26 Å². The average Bonchev–Trinajstić information content (AvgIpc) is 2.00. The highest BCUT2D eigenvalue weighted by molar-refractivity contribution is 7.90. The lowest BCUT2D eigenvalue weighted by atomic mass is 10.1. The molecule has 3 nitrogen and oxygen atoms in total. The van der Waals surface area contributed by atoms with E-state index in [4.69, 9.17) is 11.6 Å². The third-order valence-electron chi connectivity index (χ3n) is 2.19. The predicted octanol–water partition coefficient (Wildman–Crippen LogP) is 2.09. The van der Waals surface area contributed by atoms with Crippen molar-refractivity contribution in [2.75, 3.05) is 6.26 Å². The molecule has 0 amide bonds. The molecule has 0 aromatic heterocycles. The van der Waals surface area contributed by atoms with Crippen LogP contribution in [0.5, 0.6) is 0 Å². The molecule has 15 heavy (non-hydrogen) atoms. The summed E-state index contributed by atoms with van der Waals surface area (Å²) in [5.74, 6) is 0. The molecule has 82 valence electrons. The Morgan fingerprint density at radius 1 is 1.27 bits per heavy atom. The minimum Gasteiger partial charge on any atom is -0.276 e. The molecule has 0 bridgehead atoms. The van der Waals surface area contributed by atoms with Crippen molar-refractivity contribution in [3.05, 3.63) is 28.8 Å². The van der Waals surface area contributed by atoms with Gasteiger partial charge >= 0.3 is 0 Å². The summed E-state index contributed by atoms with van der Waals surface area (Å²) in [7, 11) is -3.33. The largest absolute Gasteiger partial charge is 0.276 e. The van der Waals surface area contributed by atoms with Gasteiger partial charge in [0.25, 0.3) is 5.24 Å². The van der Waals surface area contributed by atoms with Crippen LogP contribution in [-0.2, 0) is 9.84 Å². The molecule has 1 rings (SSSR count). The molecule has 0 fully saturated rings. The zero-order valence-corrected chi connectivity index (χ0v) is 10.2. The molecule has 0 aliphatic heterocycles. The van der Waals surface area contributed by atoms with Crippen molar-refractivity contribution in [1.82, 2.24) is 0 Å². The Kier molecular flexibility index (Phi) is 3.21. The third kappa shape index (κ3) is 2.38. The fraction of sp³-hybridized carbons (Fsp3) is 0.300. The molecule has 0 N–H and O–H groups in total. The van der Waals surface area contributed by atoms with E-state index in [-0.39, 0.29) is 10.5 Å². The van der Waals surface area contributed by atoms with E-state index in [1.165, 1.54) is 6.07 Å². The van der Waals surface area contributed by atoms with E-state index >= 15 is 0 Å². The van der Waals surface area contributed by atoms with Crippen molar-refractivity contribution in [2.45, 2.75) is 18.7 Å². The Hall–Kier alpha value is -0.870. The Labute approximate surface area is 94.0 Å². The van der Waals surface area contributed by atoms with Crippen molar-refractivity contribution < 1.29 is 13.2 Å². The molecular formula is C10H11ClO3S. The second-order valence-electron chi connectivity index (χ2n) is 3.43. The minimum absolute atomic E-state index is 0.189. The van der Waals surface area contributed by atoms with Gasteiger partial charge in [0, 0.05) is 11.8 Å². The smallest absolute Gasteiger partial charge is 0.252 e. The summed E-state index contributed by atoms with van der Waals surface area (Å²) in [6.45, 7) is 3.27. The van der Waals surface area contributed by atoms with Gasteiger partial charge in [-0.15, -0.1) is 0 Å². The quantitative estimate of drug-likeness (QED) is 0.751. The van der Waals surface area contributed by atoms with E-state index < -0.39 is 15.1 Å². The van der Waals surface area contributed by atoms with Gasteiger partial charge in [-0.1, -0.05) is 6.07 Å². The first-order valence-electron chi connectivity index (χ1n) is 4.25. The fourth-order valence-corrected chi connectivity index (χ4v) is 3.13. The Morgan fingerprint density at radius 2 is 1.80 bits per heavy atom. The summed E-state index contributed by atoms with van der Waals surface area (Å²) < 4.78 is 23.0. The SMILES string of the molecule is Cc1ccc(C(=O)Cl)c(C)c1S(C)(=O)=O. The van der Waals surface area contributed by atoms with E-state index in [1.807, 2.05) is 0 Å². The lowest BCUT2D eigenvalue weighted by Gasteiger charge is -2.10. The van der Waals surface area contributed by atoms with Gasteiger partial charge in [0.15, 0.2) is 9.84 Å². The van der Waals surface area contributed by atoms with Crippen LogP contribution in [0.15, 0.2) is 17.0 Å². The zero-order chi connectivity index (χ0) is 11.8. The molecule has 0 unspecified atom stereocenters. The van der Waals surface area contributed by atoms with Gasteiger partial charge in [0.1, 0.15) is 0 Å². The molecule has 0 spiro atoms. The third-order valence-corrected chi connectivity index (χ3v) is 3.76. The number of hydrogen-bond acceptors (Lipinski definition) is 3. The summed E-state index contributed by atoms with van der Waals surface area (Å²) >= 11 is 5.35. The molecule has 0 atom stereocenters.